The third-order valence-corrected chi connectivity index (χ3v) is 5.12. The average molecular weight is 430 g/mol. The standard InChI is InChI=1S/C21H20ClN3O3S/c1-28-18-6-3-2-5-16(18)17-13-29-21(24-17)25-19(26)7-4-12-23-20(27)14-8-10-15(22)11-9-14/h2-3,5-6,8-11,13H,4,7,12H2,1H3,(H,23,27)(H,24,25,26). The first-order valence-electron chi connectivity index (χ1n) is 8.99. The van der Waals surface area contributed by atoms with Crippen LogP contribution in [0.3, 0.4) is 0 Å². The minimum Gasteiger partial charge on any atom is -0.496 e. The van der Waals surface area contributed by atoms with Crippen molar-refractivity contribution in [3.63, 3.8) is 0 Å². The monoisotopic (exact) mass is 429 g/mol. The molecule has 29 heavy (non-hydrogen) atoms. The third kappa shape index (κ3) is 5.79. The molecule has 0 aliphatic rings. The molecule has 1 heterocycles. The number of para-hydroxylation sites is 1. The van der Waals surface area contributed by atoms with Gasteiger partial charge in [-0.25, -0.2) is 4.98 Å². The number of carbonyl (C=O) groups excluding carboxylic acids is 2. The number of ether oxygens (including phenoxy) is 1. The fourth-order valence-corrected chi connectivity index (χ4v) is 3.50. The normalized spacial score (nSPS) is 10.4. The summed E-state index contributed by atoms with van der Waals surface area (Å²) in [5.41, 5.74) is 2.15. The number of benzene rings is 2. The van der Waals surface area contributed by atoms with E-state index in [9.17, 15) is 9.59 Å². The summed E-state index contributed by atoms with van der Waals surface area (Å²) in [5.74, 6) is 0.391. The van der Waals surface area contributed by atoms with E-state index >= 15 is 0 Å². The van der Waals surface area contributed by atoms with Crippen LogP contribution in [0.5, 0.6) is 5.75 Å². The number of hydrogen-bond acceptors (Lipinski definition) is 5. The van der Waals surface area contributed by atoms with Crippen LogP contribution in [0, 0.1) is 0 Å². The Labute approximate surface area is 177 Å². The minimum atomic E-state index is -0.191. The van der Waals surface area contributed by atoms with Crippen LogP contribution in [-0.4, -0.2) is 30.5 Å². The van der Waals surface area contributed by atoms with Crippen LogP contribution in [0.15, 0.2) is 53.9 Å². The van der Waals surface area contributed by atoms with Gasteiger partial charge in [-0.1, -0.05) is 23.7 Å². The van der Waals surface area contributed by atoms with Gasteiger partial charge < -0.3 is 15.4 Å². The fraction of sp³-hybridized carbons (Fsp3) is 0.190. The molecular weight excluding hydrogens is 410 g/mol. The quantitative estimate of drug-likeness (QED) is 0.512. The molecule has 0 aliphatic heterocycles. The predicted octanol–water partition coefficient (Wildman–Crippen LogP) is 4.62. The van der Waals surface area contributed by atoms with E-state index in [1.807, 2.05) is 29.6 Å². The molecule has 1 aromatic heterocycles. The third-order valence-electron chi connectivity index (χ3n) is 4.11. The van der Waals surface area contributed by atoms with Gasteiger partial charge in [-0.2, -0.15) is 0 Å². The predicted molar refractivity (Wildman–Crippen MR) is 116 cm³/mol. The topological polar surface area (TPSA) is 80.3 Å². The molecule has 2 N–H and O–H groups in total. The van der Waals surface area contributed by atoms with Crippen molar-refractivity contribution in [1.29, 1.82) is 0 Å². The summed E-state index contributed by atoms with van der Waals surface area (Å²) in [6, 6.07) is 14.2. The first-order chi connectivity index (χ1) is 14.1. The molecule has 0 saturated heterocycles. The highest BCUT2D eigenvalue weighted by Crippen LogP contribution is 2.31. The molecule has 6 nitrogen and oxygen atoms in total. The molecule has 0 unspecified atom stereocenters. The first-order valence-corrected chi connectivity index (χ1v) is 10.2. The number of methoxy groups -OCH3 is 1. The summed E-state index contributed by atoms with van der Waals surface area (Å²) in [4.78, 5) is 28.6. The smallest absolute Gasteiger partial charge is 0.251 e. The van der Waals surface area contributed by atoms with Crippen LogP contribution in [0.1, 0.15) is 23.2 Å². The summed E-state index contributed by atoms with van der Waals surface area (Å²) in [7, 11) is 1.61. The molecule has 0 spiro atoms. The van der Waals surface area contributed by atoms with E-state index in [0.717, 1.165) is 17.0 Å². The molecule has 0 saturated carbocycles. The Morgan fingerprint density at radius 1 is 1.14 bits per heavy atom. The van der Waals surface area contributed by atoms with Crippen molar-refractivity contribution < 1.29 is 14.3 Å². The molecule has 2 amide bonds. The van der Waals surface area contributed by atoms with Crippen LogP contribution >= 0.6 is 22.9 Å². The molecule has 0 aliphatic carbocycles. The highest BCUT2D eigenvalue weighted by Gasteiger charge is 2.11. The molecular formula is C21H20ClN3O3S. The van der Waals surface area contributed by atoms with Crippen molar-refractivity contribution in [2.24, 2.45) is 0 Å². The Balaban J connectivity index is 1.45. The van der Waals surface area contributed by atoms with Gasteiger partial charge in [0.15, 0.2) is 5.13 Å². The molecule has 2 aromatic carbocycles. The van der Waals surface area contributed by atoms with E-state index in [2.05, 4.69) is 15.6 Å². The maximum Gasteiger partial charge on any atom is 0.251 e. The van der Waals surface area contributed by atoms with Gasteiger partial charge in [0.05, 0.1) is 12.8 Å². The van der Waals surface area contributed by atoms with E-state index in [0.29, 0.717) is 28.7 Å². The van der Waals surface area contributed by atoms with Crippen LogP contribution in [-0.2, 0) is 4.79 Å². The Bertz CT molecular complexity index is 989. The average Bonchev–Trinajstić information content (AvgIpc) is 3.19. The van der Waals surface area contributed by atoms with E-state index in [1.54, 1.807) is 31.4 Å². The summed E-state index contributed by atoms with van der Waals surface area (Å²) >= 11 is 7.16. The summed E-state index contributed by atoms with van der Waals surface area (Å²) < 4.78 is 5.35. The largest absolute Gasteiger partial charge is 0.496 e. The van der Waals surface area contributed by atoms with Crippen molar-refractivity contribution in [3.8, 4) is 17.0 Å². The SMILES string of the molecule is COc1ccccc1-c1csc(NC(=O)CCCNC(=O)c2ccc(Cl)cc2)n1. The number of nitrogens with zero attached hydrogens (tertiary/aromatic N) is 1. The van der Waals surface area contributed by atoms with Gasteiger partial charge in [-0.15, -0.1) is 11.3 Å². The van der Waals surface area contributed by atoms with Crippen LogP contribution < -0.4 is 15.4 Å². The summed E-state index contributed by atoms with van der Waals surface area (Å²) in [6.45, 7) is 0.402. The lowest BCUT2D eigenvalue weighted by atomic mass is 10.1. The molecule has 8 heteroatoms. The number of aromatic nitrogens is 1. The number of halogens is 1. The highest BCUT2D eigenvalue weighted by molar-refractivity contribution is 7.14. The van der Waals surface area contributed by atoms with E-state index in [-0.39, 0.29) is 18.2 Å². The number of carbonyl (C=O) groups is 2. The van der Waals surface area contributed by atoms with Crippen molar-refractivity contribution in [2.45, 2.75) is 12.8 Å². The summed E-state index contributed by atoms with van der Waals surface area (Å²) in [5, 5.41) is 8.56. The van der Waals surface area contributed by atoms with Gasteiger partial charge in [0.2, 0.25) is 5.91 Å². The van der Waals surface area contributed by atoms with E-state index in [1.165, 1.54) is 11.3 Å². The second-order valence-corrected chi connectivity index (χ2v) is 7.45. The van der Waals surface area contributed by atoms with E-state index < -0.39 is 0 Å². The van der Waals surface area contributed by atoms with Gasteiger partial charge in [0.25, 0.3) is 5.91 Å². The molecule has 0 radical (unpaired) electrons. The Hall–Kier alpha value is -2.90. The zero-order valence-electron chi connectivity index (χ0n) is 15.8. The molecule has 0 fully saturated rings. The molecule has 150 valence electrons. The minimum absolute atomic E-state index is 0.147. The Morgan fingerprint density at radius 3 is 2.66 bits per heavy atom. The van der Waals surface area contributed by atoms with Gasteiger partial charge in [0, 0.05) is 34.5 Å². The number of nitrogens with one attached hydrogen (secondary N) is 2. The molecule has 0 bridgehead atoms. The van der Waals surface area contributed by atoms with Crippen LogP contribution in [0.25, 0.3) is 11.3 Å². The maximum absolute atomic E-state index is 12.1. The molecule has 3 aromatic rings. The van der Waals surface area contributed by atoms with Gasteiger partial charge in [-0.05, 0) is 42.8 Å². The van der Waals surface area contributed by atoms with Crippen molar-refractivity contribution >= 4 is 39.9 Å². The van der Waals surface area contributed by atoms with Gasteiger partial charge in [-0.3, -0.25) is 9.59 Å². The van der Waals surface area contributed by atoms with Crippen molar-refractivity contribution in [1.82, 2.24) is 10.3 Å². The Morgan fingerprint density at radius 2 is 1.90 bits per heavy atom. The highest BCUT2D eigenvalue weighted by atomic mass is 35.5. The van der Waals surface area contributed by atoms with Crippen LogP contribution in [0.4, 0.5) is 5.13 Å². The first kappa shape index (κ1) is 20.8. The van der Waals surface area contributed by atoms with Crippen molar-refractivity contribution in [2.75, 3.05) is 19.0 Å². The number of amides is 2. The second kappa shape index (κ2) is 10.0. The summed E-state index contributed by atoms with van der Waals surface area (Å²) in [6.07, 6.45) is 0.806. The Kier molecular flexibility index (Phi) is 7.21. The van der Waals surface area contributed by atoms with Crippen molar-refractivity contribution in [3.05, 3.63) is 64.5 Å². The van der Waals surface area contributed by atoms with Crippen LogP contribution in [0.2, 0.25) is 5.02 Å². The fourth-order valence-electron chi connectivity index (χ4n) is 2.65. The zero-order valence-corrected chi connectivity index (χ0v) is 17.3. The lowest BCUT2D eigenvalue weighted by Crippen LogP contribution is -2.25. The second-order valence-electron chi connectivity index (χ2n) is 6.15. The molecule has 0 atom stereocenters. The van der Waals surface area contributed by atoms with E-state index in [4.69, 9.17) is 16.3 Å². The van der Waals surface area contributed by atoms with Gasteiger partial charge >= 0.3 is 0 Å². The number of rotatable bonds is 8. The maximum atomic E-state index is 12.1. The number of thiazole rings is 1. The lowest BCUT2D eigenvalue weighted by molar-refractivity contribution is -0.116. The number of anilines is 1. The lowest BCUT2D eigenvalue weighted by Gasteiger charge is -2.06. The zero-order chi connectivity index (χ0) is 20.6. The van der Waals surface area contributed by atoms with Gasteiger partial charge in [0.1, 0.15) is 5.75 Å². The number of hydrogen-bond donors (Lipinski definition) is 2. The molecule has 3 rings (SSSR count).